The van der Waals surface area contributed by atoms with Crippen LogP contribution in [-0.4, -0.2) is 67.1 Å². The number of nitrogens with one attached hydrogen (secondary N) is 1. The Morgan fingerprint density at radius 3 is 2.39 bits per heavy atom. The minimum atomic E-state index is -0.356. The summed E-state index contributed by atoms with van der Waals surface area (Å²) in [6.07, 6.45) is 1.41. The number of rotatable bonds is 10. The Kier molecular flexibility index (Phi) is 10.3. The molecule has 0 unspecified atom stereocenters. The summed E-state index contributed by atoms with van der Waals surface area (Å²) in [5.74, 6) is -0.356. The van der Waals surface area contributed by atoms with Crippen LogP contribution in [0.3, 0.4) is 0 Å². The molecule has 0 bridgehead atoms. The number of carbonyl (C=O) groups excluding carboxylic acids is 1. The highest BCUT2D eigenvalue weighted by molar-refractivity contribution is 5.82. The first-order valence-electron chi connectivity index (χ1n) is 6.17. The van der Waals surface area contributed by atoms with E-state index in [-0.39, 0.29) is 19.2 Å². The number of allylic oxidation sites excluding steroid dienone is 1. The van der Waals surface area contributed by atoms with Gasteiger partial charge >= 0.3 is 5.97 Å². The minimum absolute atomic E-state index is 0.0671. The summed E-state index contributed by atoms with van der Waals surface area (Å²) in [6, 6.07) is 0. The van der Waals surface area contributed by atoms with Crippen molar-refractivity contribution >= 4 is 5.97 Å². The number of aliphatic hydroxyl groups is 2. The number of hydrogen-bond donors (Lipinski definition) is 3. The SMILES string of the molecule is CCOC(=O)/C=C(/C)NCCN(CCO)CCO. The van der Waals surface area contributed by atoms with Gasteiger partial charge in [0.25, 0.3) is 0 Å². The topological polar surface area (TPSA) is 82.0 Å². The van der Waals surface area contributed by atoms with Gasteiger partial charge in [0.1, 0.15) is 0 Å². The van der Waals surface area contributed by atoms with E-state index >= 15 is 0 Å². The Labute approximate surface area is 108 Å². The molecule has 106 valence electrons. The van der Waals surface area contributed by atoms with Gasteiger partial charge in [-0.15, -0.1) is 0 Å². The predicted molar refractivity (Wildman–Crippen MR) is 69.0 cm³/mol. The fourth-order valence-electron chi connectivity index (χ4n) is 1.44. The first kappa shape index (κ1) is 16.9. The Hall–Kier alpha value is -1.11. The molecule has 0 spiro atoms. The van der Waals surface area contributed by atoms with Crippen molar-refractivity contribution < 1.29 is 19.7 Å². The average Bonchev–Trinajstić information content (AvgIpc) is 2.29. The highest BCUT2D eigenvalue weighted by Gasteiger charge is 2.03. The molecule has 0 aromatic carbocycles. The lowest BCUT2D eigenvalue weighted by atomic mass is 10.4. The molecule has 0 aromatic rings. The molecule has 6 heteroatoms. The van der Waals surface area contributed by atoms with E-state index in [1.54, 1.807) is 13.8 Å². The van der Waals surface area contributed by atoms with E-state index < -0.39 is 0 Å². The Bertz CT molecular complexity index is 250. The van der Waals surface area contributed by atoms with Crippen LogP contribution in [-0.2, 0) is 9.53 Å². The zero-order valence-electron chi connectivity index (χ0n) is 11.2. The second-order valence-corrected chi connectivity index (χ2v) is 3.80. The van der Waals surface area contributed by atoms with Crippen LogP contribution in [0.1, 0.15) is 13.8 Å². The second-order valence-electron chi connectivity index (χ2n) is 3.80. The molecule has 0 aliphatic carbocycles. The van der Waals surface area contributed by atoms with E-state index in [0.717, 1.165) is 5.70 Å². The lowest BCUT2D eigenvalue weighted by Gasteiger charge is -2.20. The van der Waals surface area contributed by atoms with Gasteiger partial charge in [-0.3, -0.25) is 4.90 Å². The Balaban J connectivity index is 3.89. The number of nitrogens with zero attached hydrogens (tertiary/aromatic N) is 1. The second kappa shape index (κ2) is 11.0. The van der Waals surface area contributed by atoms with Gasteiger partial charge in [-0.1, -0.05) is 0 Å². The zero-order chi connectivity index (χ0) is 13.8. The van der Waals surface area contributed by atoms with Crippen LogP contribution in [0.4, 0.5) is 0 Å². The van der Waals surface area contributed by atoms with Gasteiger partial charge < -0.3 is 20.3 Å². The smallest absolute Gasteiger partial charge is 0.332 e. The standard InChI is InChI=1S/C12H24N2O4/c1-3-18-12(17)10-11(2)13-4-5-14(6-8-15)7-9-16/h10,13,15-16H,3-9H2,1-2H3/b11-10-. The van der Waals surface area contributed by atoms with E-state index in [4.69, 9.17) is 14.9 Å². The molecule has 3 N–H and O–H groups in total. The highest BCUT2D eigenvalue weighted by atomic mass is 16.5. The van der Waals surface area contributed by atoms with Gasteiger partial charge in [0.05, 0.1) is 19.8 Å². The van der Waals surface area contributed by atoms with Crippen LogP contribution in [0, 0.1) is 0 Å². The maximum atomic E-state index is 11.1. The largest absolute Gasteiger partial charge is 0.463 e. The van der Waals surface area contributed by atoms with Crippen molar-refractivity contribution in [1.29, 1.82) is 0 Å². The maximum Gasteiger partial charge on any atom is 0.332 e. The predicted octanol–water partition coefficient (Wildman–Crippen LogP) is -0.670. The lowest BCUT2D eigenvalue weighted by molar-refractivity contribution is -0.137. The quantitative estimate of drug-likeness (QED) is 0.357. The van der Waals surface area contributed by atoms with Gasteiger partial charge in [-0.05, 0) is 13.8 Å². The molecule has 0 saturated carbocycles. The van der Waals surface area contributed by atoms with E-state index in [9.17, 15) is 4.79 Å². The molecule has 0 radical (unpaired) electrons. The third-order valence-corrected chi connectivity index (χ3v) is 2.29. The van der Waals surface area contributed by atoms with Gasteiger partial charge in [-0.25, -0.2) is 4.79 Å². The molecule has 18 heavy (non-hydrogen) atoms. The van der Waals surface area contributed by atoms with Crippen molar-refractivity contribution in [2.24, 2.45) is 0 Å². The third-order valence-electron chi connectivity index (χ3n) is 2.29. The summed E-state index contributed by atoms with van der Waals surface area (Å²) < 4.78 is 4.79. The molecule has 0 fully saturated rings. The molecule has 0 aliphatic heterocycles. The molecular formula is C12H24N2O4. The van der Waals surface area contributed by atoms with Crippen molar-refractivity contribution in [3.8, 4) is 0 Å². The minimum Gasteiger partial charge on any atom is -0.463 e. The number of aliphatic hydroxyl groups excluding tert-OH is 2. The van der Waals surface area contributed by atoms with Crippen LogP contribution in [0.15, 0.2) is 11.8 Å². The van der Waals surface area contributed by atoms with E-state index in [2.05, 4.69) is 5.32 Å². The van der Waals surface area contributed by atoms with Crippen molar-refractivity contribution in [1.82, 2.24) is 10.2 Å². The summed E-state index contributed by atoms with van der Waals surface area (Å²) in [6.45, 7) is 6.44. The molecule has 0 rings (SSSR count). The van der Waals surface area contributed by atoms with Crippen LogP contribution in [0.25, 0.3) is 0 Å². The van der Waals surface area contributed by atoms with Crippen LogP contribution in [0.5, 0.6) is 0 Å². The Morgan fingerprint density at radius 1 is 1.28 bits per heavy atom. The van der Waals surface area contributed by atoms with Crippen molar-refractivity contribution in [3.63, 3.8) is 0 Å². The van der Waals surface area contributed by atoms with Gasteiger partial charge in [0.2, 0.25) is 0 Å². The summed E-state index contributed by atoms with van der Waals surface area (Å²) in [7, 11) is 0. The number of carbonyl (C=O) groups is 1. The van der Waals surface area contributed by atoms with Crippen LogP contribution < -0.4 is 5.32 Å². The molecule has 6 nitrogen and oxygen atoms in total. The maximum absolute atomic E-state index is 11.1. The average molecular weight is 260 g/mol. The zero-order valence-corrected chi connectivity index (χ0v) is 11.2. The Morgan fingerprint density at radius 2 is 1.89 bits per heavy atom. The molecule has 0 heterocycles. The summed E-state index contributed by atoms with van der Waals surface area (Å²) >= 11 is 0. The molecule has 0 aromatic heterocycles. The fraction of sp³-hybridized carbons (Fsp3) is 0.750. The van der Waals surface area contributed by atoms with Gasteiger partial charge in [0.15, 0.2) is 0 Å². The first-order valence-corrected chi connectivity index (χ1v) is 6.17. The van der Waals surface area contributed by atoms with Gasteiger partial charge in [0, 0.05) is 38.0 Å². The summed E-state index contributed by atoms with van der Waals surface area (Å²) in [5, 5.41) is 20.7. The van der Waals surface area contributed by atoms with Crippen molar-refractivity contribution in [2.75, 3.05) is 46.0 Å². The van der Waals surface area contributed by atoms with Gasteiger partial charge in [-0.2, -0.15) is 0 Å². The number of esters is 1. The molecule has 0 atom stereocenters. The third kappa shape index (κ3) is 8.98. The molecule has 0 amide bonds. The number of hydrogen-bond acceptors (Lipinski definition) is 6. The van der Waals surface area contributed by atoms with Crippen molar-refractivity contribution in [3.05, 3.63) is 11.8 Å². The first-order chi connectivity index (χ1) is 8.63. The van der Waals surface area contributed by atoms with Crippen LogP contribution >= 0.6 is 0 Å². The molecular weight excluding hydrogens is 236 g/mol. The molecule has 0 aliphatic rings. The summed E-state index contributed by atoms with van der Waals surface area (Å²) in [4.78, 5) is 13.1. The molecule has 0 saturated heterocycles. The summed E-state index contributed by atoms with van der Waals surface area (Å²) in [5.41, 5.74) is 0.737. The normalized spacial score (nSPS) is 11.7. The van der Waals surface area contributed by atoms with Crippen LogP contribution in [0.2, 0.25) is 0 Å². The van der Waals surface area contributed by atoms with E-state index in [0.29, 0.717) is 32.8 Å². The highest BCUT2D eigenvalue weighted by Crippen LogP contribution is 1.91. The fourth-order valence-corrected chi connectivity index (χ4v) is 1.44. The van der Waals surface area contributed by atoms with E-state index in [1.807, 2.05) is 4.90 Å². The van der Waals surface area contributed by atoms with Crippen molar-refractivity contribution in [2.45, 2.75) is 13.8 Å². The van der Waals surface area contributed by atoms with E-state index in [1.165, 1.54) is 6.08 Å². The number of ether oxygens (including phenoxy) is 1. The lowest BCUT2D eigenvalue weighted by Crippen LogP contribution is -2.35. The monoisotopic (exact) mass is 260 g/mol.